The van der Waals surface area contributed by atoms with Crippen LogP contribution in [0.15, 0.2) is 12.1 Å². The molecule has 132 valence electrons. The molecule has 0 saturated heterocycles. The largest absolute Gasteiger partial charge is 0.490 e. The Labute approximate surface area is 144 Å². The van der Waals surface area contributed by atoms with E-state index in [0.29, 0.717) is 12.5 Å². The highest BCUT2D eigenvalue weighted by Gasteiger charge is 2.19. The van der Waals surface area contributed by atoms with E-state index in [1.807, 2.05) is 6.92 Å². The van der Waals surface area contributed by atoms with Crippen LogP contribution in [0, 0.1) is 35.3 Å². The van der Waals surface area contributed by atoms with Crippen molar-refractivity contribution in [3.05, 3.63) is 29.3 Å². The Morgan fingerprint density at radius 1 is 1.04 bits per heavy atom. The topological polar surface area (TPSA) is 9.23 Å². The molecule has 0 aliphatic heterocycles. The van der Waals surface area contributed by atoms with Crippen molar-refractivity contribution >= 4 is 0 Å². The van der Waals surface area contributed by atoms with Crippen LogP contribution in [-0.4, -0.2) is 6.61 Å². The average molecular weight is 334 g/mol. The van der Waals surface area contributed by atoms with Crippen molar-refractivity contribution in [2.75, 3.05) is 6.61 Å². The highest BCUT2D eigenvalue weighted by atomic mass is 19.2. The van der Waals surface area contributed by atoms with E-state index in [9.17, 15) is 8.78 Å². The zero-order valence-electron chi connectivity index (χ0n) is 14.8. The number of halogens is 2. The molecule has 1 aromatic rings. The fraction of sp³-hybridized carbons (Fsp3) is 0.619. The number of benzene rings is 1. The first-order valence-electron chi connectivity index (χ1n) is 9.28. The van der Waals surface area contributed by atoms with Crippen LogP contribution in [0.25, 0.3) is 0 Å². The molecule has 24 heavy (non-hydrogen) atoms. The lowest BCUT2D eigenvalue weighted by atomic mass is 9.80. The Kier molecular flexibility index (Phi) is 7.56. The van der Waals surface area contributed by atoms with Crippen molar-refractivity contribution in [3.63, 3.8) is 0 Å². The molecule has 3 heteroatoms. The van der Waals surface area contributed by atoms with Crippen molar-refractivity contribution in [2.45, 2.75) is 65.2 Å². The molecule has 0 aromatic heterocycles. The summed E-state index contributed by atoms with van der Waals surface area (Å²) in [6.07, 6.45) is 8.84. The Balaban J connectivity index is 1.97. The van der Waals surface area contributed by atoms with Gasteiger partial charge in [0.2, 0.25) is 5.82 Å². The van der Waals surface area contributed by atoms with Crippen LogP contribution in [-0.2, 0) is 0 Å². The standard InChI is InChI=1S/C21H28F2O/c1-3-5-15-24-19-14-13-18(20(22)21(19)23)12-11-17-9-7-16(6-4-2)8-10-17/h13-14,16-17H,3-10,15H2,1-2H3. The van der Waals surface area contributed by atoms with E-state index >= 15 is 0 Å². The molecule has 1 aliphatic rings. The predicted molar refractivity (Wildman–Crippen MR) is 94.0 cm³/mol. The Morgan fingerprint density at radius 2 is 1.79 bits per heavy atom. The Morgan fingerprint density at radius 3 is 2.46 bits per heavy atom. The summed E-state index contributed by atoms with van der Waals surface area (Å²) in [5.74, 6) is 5.27. The average Bonchev–Trinajstić information content (AvgIpc) is 2.60. The molecule has 0 amide bonds. The maximum atomic E-state index is 14.1. The van der Waals surface area contributed by atoms with Gasteiger partial charge in [-0.2, -0.15) is 4.39 Å². The molecule has 0 atom stereocenters. The van der Waals surface area contributed by atoms with Crippen LogP contribution in [0.1, 0.15) is 70.8 Å². The van der Waals surface area contributed by atoms with E-state index in [0.717, 1.165) is 31.6 Å². The van der Waals surface area contributed by atoms with E-state index < -0.39 is 11.6 Å². The SMILES string of the molecule is CCCCOc1ccc(C#CC2CCC(CCC)CC2)c(F)c1F. The summed E-state index contributed by atoms with van der Waals surface area (Å²) in [5.41, 5.74) is 0.131. The lowest BCUT2D eigenvalue weighted by Gasteiger charge is -2.25. The van der Waals surface area contributed by atoms with Gasteiger partial charge in [-0.15, -0.1) is 0 Å². The first-order chi connectivity index (χ1) is 11.7. The summed E-state index contributed by atoms with van der Waals surface area (Å²) in [7, 11) is 0. The zero-order valence-corrected chi connectivity index (χ0v) is 14.8. The lowest BCUT2D eigenvalue weighted by molar-refractivity contribution is 0.288. The van der Waals surface area contributed by atoms with E-state index in [4.69, 9.17) is 4.74 Å². The number of unbranched alkanes of at least 4 members (excludes halogenated alkanes) is 1. The molecule has 1 saturated carbocycles. The van der Waals surface area contributed by atoms with Crippen molar-refractivity contribution in [1.29, 1.82) is 0 Å². The molecule has 1 aliphatic carbocycles. The third-order valence-corrected chi connectivity index (χ3v) is 4.76. The highest BCUT2D eigenvalue weighted by molar-refractivity contribution is 5.41. The molecule has 0 bridgehead atoms. The maximum absolute atomic E-state index is 14.1. The number of hydrogen-bond donors (Lipinski definition) is 0. The quantitative estimate of drug-likeness (QED) is 0.451. The van der Waals surface area contributed by atoms with Crippen molar-refractivity contribution in [2.24, 2.45) is 11.8 Å². The number of hydrogen-bond acceptors (Lipinski definition) is 1. The van der Waals surface area contributed by atoms with Crippen LogP contribution in [0.2, 0.25) is 0 Å². The normalized spacial score (nSPS) is 20.3. The van der Waals surface area contributed by atoms with E-state index in [1.165, 1.54) is 37.8 Å². The second-order valence-electron chi connectivity index (χ2n) is 6.72. The van der Waals surface area contributed by atoms with Gasteiger partial charge >= 0.3 is 0 Å². The molecule has 2 rings (SSSR count). The van der Waals surface area contributed by atoms with E-state index in [-0.39, 0.29) is 11.3 Å². The van der Waals surface area contributed by atoms with Gasteiger partial charge in [-0.25, -0.2) is 4.39 Å². The van der Waals surface area contributed by atoms with Crippen LogP contribution < -0.4 is 4.74 Å². The third kappa shape index (κ3) is 5.23. The highest BCUT2D eigenvalue weighted by Crippen LogP contribution is 2.31. The lowest BCUT2D eigenvalue weighted by Crippen LogP contribution is -2.13. The van der Waals surface area contributed by atoms with Crippen LogP contribution in [0.3, 0.4) is 0 Å². The van der Waals surface area contributed by atoms with Crippen molar-refractivity contribution < 1.29 is 13.5 Å². The Bertz CT molecular complexity index is 577. The second-order valence-corrected chi connectivity index (χ2v) is 6.72. The molecular formula is C21H28F2O. The summed E-state index contributed by atoms with van der Waals surface area (Å²) in [6.45, 7) is 4.65. The smallest absolute Gasteiger partial charge is 0.201 e. The first kappa shape index (κ1) is 18.8. The Hall–Kier alpha value is -1.56. The molecule has 0 heterocycles. The third-order valence-electron chi connectivity index (χ3n) is 4.76. The molecule has 0 radical (unpaired) electrons. The van der Waals surface area contributed by atoms with Gasteiger partial charge in [-0.3, -0.25) is 0 Å². The minimum atomic E-state index is -0.926. The first-order valence-corrected chi connectivity index (χ1v) is 9.28. The van der Waals surface area contributed by atoms with Gasteiger partial charge < -0.3 is 4.74 Å². The summed E-state index contributed by atoms with van der Waals surface area (Å²) in [6, 6.07) is 3.01. The van der Waals surface area contributed by atoms with Gasteiger partial charge in [0.25, 0.3) is 0 Å². The molecule has 0 spiro atoms. The maximum Gasteiger partial charge on any atom is 0.201 e. The van der Waals surface area contributed by atoms with Gasteiger partial charge in [0.05, 0.1) is 12.2 Å². The van der Waals surface area contributed by atoms with Crippen molar-refractivity contribution in [3.8, 4) is 17.6 Å². The second kappa shape index (κ2) is 9.67. The summed E-state index contributed by atoms with van der Waals surface area (Å²) < 4.78 is 33.4. The minimum absolute atomic E-state index is 0.0217. The molecule has 0 unspecified atom stereocenters. The molecule has 1 aromatic carbocycles. The molecule has 0 N–H and O–H groups in total. The van der Waals surface area contributed by atoms with Crippen molar-refractivity contribution in [1.82, 2.24) is 0 Å². The van der Waals surface area contributed by atoms with Gasteiger partial charge in [0, 0.05) is 5.92 Å². The zero-order chi connectivity index (χ0) is 17.4. The monoisotopic (exact) mass is 334 g/mol. The van der Waals surface area contributed by atoms with E-state index in [1.54, 1.807) is 0 Å². The predicted octanol–water partition coefficient (Wildman–Crippen LogP) is 6.10. The number of rotatable bonds is 6. The molecule has 1 fully saturated rings. The van der Waals surface area contributed by atoms with Gasteiger partial charge in [0.15, 0.2) is 11.6 Å². The van der Waals surface area contributed by atoms with E-state index in [2.05, 4.69) is 18.8 Å². The fourth-order valence-electron chi connectivity index (χ4n) is 3.25. The van der Waals surface area contributed by atoms with Crippen LogP contribution in [0.4, 0.5) is 8.78 Å². The summed E-state index contributed by atoms with van der Waals surface area (Å²) >= 11 is 0. The minimum Gasteiger partial charge on any atom is -0.490 e. The molecular weight excluding hydrogens is 306 g/mol. The van der Waals surface area contributed by atoms with Gasteiger partial charge in [-0.1, -0.05) is 45.0 Å². The van der Waals surface area contributed by atoms with Gasteiger partial charge in [0.1, 0.15) is 0 Å². The fourth-order valence-corrected chi connectivity index (χ4v) is 3.25. The van der Waals surface area contributed by atoms with Crippen LogP contribution in [0.5, 0.6) is 5.75 Å². The molecule has 1 nitrogen and oxygen atoms in total. The summed E-state index contributed by atoms with van der Waals surface area (Å²) in [5, 5.41) is 0. The van der Waals surface area contributed by atoms with Crippen LogP contribution >= 0.6 is 0 Å². The van der Waals surface area contributed by atoms with Gasteiger partial charge in [-0.05, 0) is 50.2 Å². The summed E-state index contributed by atoms with van der Waals surface area (Å²) in [4.78, 5) is 0. The number of ether oxygens (including phenoxy) is 1.